The summed E-state index contributed by atoms with van der Waals surface area (Å²) in [5, 5.41) is 36.1. The third-order valence-electron chi connectivity index (χ3n) is 11.2. The molecule has 0 radical (unpaired) electrons. The average molecular weight is 826 g/mol. The van der Waals surface area contributed by atoms with Gasteiger partial charge in [0.1, 0.15) is 26.2 Å². The summed E-state index contributed by atoms with van der Waals surface area (Å²) in [6.45, 7) is 17.4. The van der Waals surface area contributed by atoms with Crippen LogP contribution in [0.25, 0.3) is 0 Å². The second-order valence-corrected chi connectivity index (χ2v) is 17.8. The predicted molar refractivity (Wildman–Crippen MR) is 226 cm³/mol. The summed E-state index contributed by atoms with van der Waals surface area (Å²) in [5.74, 6) is -11.9. The van der Waals surface area contributed by atoms with Crippen molar-refractivity contribution < 1.29 is 51.6 Å². The van der Waals surface area contributed by atoms with Gasteiger partial charge in [-0.25, -0.2) is 4.79 Å². The number of hydrogen-bond acceptors (Lipinski definition) is 12. The van der Waals surface area contributed by atoms with Crippen molar-refractivity contribution in [3.8, 4) is 0 Å². The van der Waals surface area contributed by atoms with Gasteiger partial charge in [0.2, 0.25) is 11.4 Å². The van der Waals surface area contributed by atoms with Crippen molar-refractivity contribution >= 4 is 35.0 Å². The molecule has 2 aromatic carbocycles. The lowest BCUT2D eigenvalue weighted by Crippen LogP contribution is -2.80. The van der Waals surface area contributed by atoms with E-state index in [-0.39, 0.29) is 23.5 Å². The summed E-state index contributed by atoms with van der Waals surface area (Å²) in [6.07, 6.45) is -3.80. The quantitative estimate of drug-likeness (QED) is 0.0900. The third-order valence-corrected chi connectivity index (χ3v) is 11.2. The molecule has 8 atom stereocenters. The molecule has 0 bridgehead atoms. The molecule has 0 heterocycles. The van der Waals surface area contributed by atoms with Crippen LogP contribution in [0.1, 0.15) is 101 Å². The maximum absolute atomic E-state index is 16.9. The van der Waals surface area contributed by atoms with E-state index < -0.39 is 98.7 Å². The van der Waals surface area contributed by atoms with E-state index in [0.717, 1.165) is 45.1 Å². The van der Waals surface area contributed by atoms with Crippen LogP contribution < -0.4 is 10.6 Å². The maximum atomic E-state index is 16.9. The highest BCUT2D eigenvalue weighted by Crippen LogP contribution is 2.52. The van der Waals surface area contributed by atoms with E-state index in [0.29, 0.717) is 5.31 Å². The zero-order chi connectivity index (χ0) is 47.4. The van der Waals surface area contributed by atoms with Gasteiger partial charge in [-0.2, -0.15) is 0 Å². The fraction of sp³-hybridized carbons (Fsp3) is 0.609. The Hall–Kier alpha value is -4.14. The number of aliphatic hydroxyl groups is 3. The standard InChI is InChI=1S/C46H69N3O10/c1-27(2)26-34(47-13)37(53)44(29(5)6,32-22-18-16-19-23-32)46(48-14,36(52)30(7)50)38(54)35(28(3)4)45(33-24-20-17-21-25-33,49(15)39(55)31(8)51)40(56)43(12,58)41(57)59-42(9,10)11/h16-25,27-31,34-35,47-48,50-51,58H,26H2,1-15H3/t30?,31?,34-,35?,43-,44?,45-,46+/m0/s1/i/hD2. The monoisotopic (exact) mass is 826 g/mol. The Labute approximate surface area is 353 Å². The molecule has 0 fully saturated rings. The molecule has 13 nitrogen and oxygen atoms in total. The fourth-order valence-electron chi connectivity index (χ4n) is 8.71. The van der Waals surface area contributed by atoms with Gasteiger partial charge in [-0.3, -0.25) is 24.0 Å². The van der Waals surface area contributed by atoms with Crippen molar-refractivity contribution in [1.29, 1.82) is 0 Å². The van der Waals surface area contributed by atoms with Crippen molar-refractivity contribution in [3.63, 3.8) is 0 Å². The summed E-state index contributed by atoms with van der Waals surface area (Å²) >= 11 is 0. The Morgan fingerprint density at radius 3 is 1.58 bits per heavy atom. The number of likely N-dealkylation sites (N-methyl/N-ethyl adjacent to an activating group) is 3. The van der Waals surface area contributed by atoms with Crippen molar-refractivity contribution in [2.24, 2.45) is 23.7 Å². The molecule has 5 N–H and O–H groups in total. The molecule has 2 aromatic rings. The van der Waals surface area contributed by atoms with Gasteiger partial charge in [0, 0.05) is 7.05 Å². The van der Waals surface area contributed by atoms with E-state index in [1.165, 1.54) is 78.1 Å². The largest absolute Gasteiger partial charge is 0.457 e. The lowest BCUT2D eigenvalue weighted by molar-refractivity contribution is -0.188. The van der Waals surface area contributed by atoms with Crippen LogP contribution in [-0.2, 0) is 44.5 Å². The molecule has 0 saturated heterocycles. The van der Waals surface area contributed by atoms with Crippen molar-refractivity contribution in [3.05, 3.63) is 71.8 Å². The Morgan fingerprint density at radius 2 is 1.22 bits per heavy atom. The number of nitrogens with one attached hydrogen (secondary N) is 2. The van der Waals surface area contributed by atoms with Crippen molar-refractivity contribution in [2.45, 2.75) is 135 Å². The number of esters is 1. The Balaban J connectivity index is 3.67. The summed E-state index contributed by atoms with van der Waals surface area (Å²) in [5.41, 5.74) is -12.8. The number of benzene rings is 2. The van der Waals surface area contributed by atoms with Gasteiger partial charge in [0.25, 0.3) is 5.91 Å². The molecule has 0 aliphatic carbocycles. The molecule has 328 valence electrons. The summed E-state index contributed by atoms with van der Waals surface area (Å²) < 4.78 is 24.0. The smallest absolute Gasteiger partial charge is 0.346 e. The number of carbonyl (C=O) groups excluding carboxylic acids is 6. The fourth-order valence-corrected chi connectivity index (χ4v) is 8.71. The molecule has 0 aliphatic rings. The first-order chi connectivity index (χ1) is 27.9. The number of amides is 1. The van der Waals surface area contributed by atoms with E-state index in [9.17, 15) is 26.3 Å². The number of nitrogens with zero attached hydrogens (tertiary/aromatic N) is 1. The molecule has 1 amide bonds. The zero-order valence-electron chi connectivity index (χ0n) is 39.6. The minimum atomic E-state index is -3.14. The highest BCUT2D eigenvalue weighted by Gasteiger charge is 2.72. The van der Waals surface area contributed by atoms with Gasteiger partial charge in [-0.05, 0) is 90.9 Å². The van der Waals surface area contributed by atoms with Gasteiger partial charge >= 0.3 is 5.97 Å². The number of ketones is 4. The van der Waals surface area contributed by atoms with Crippen LogP contribution in [0.15, 0.2) is 60.7 Å². The lowest BCUT2D eigenvalue weighted by atomic mass is 9.49. The molecule has 13 heteroatoms. The first kappa shape index (κ1) is 47.5. The summed E-state index contributed by atoms with van der Waals surface area (Å²) in [4.78, 5) is 93.5. The highest BCUT2D eigenvalue weighted by molar-refractivity contribution is 6.23. The minimum Gasteiger partial charge on any atom is -0.457 e. The van der Waals surface area contributed by atoms with Gasteiger partial charge in [0.15, 0.2) is 22.9 Å². The number of carbonyl (C=O) groups is 6. The van der Waals surface area contributed by atoms with Gasteiger partial charge in [-0.15, -0.1) is 0 Å². The predicted octanol–water partition coefficient (Wildman–Crippen LogP) is 3.93. The van der Waals surface area contributed by atoms with E-state index in [4.69, 9.17) is 6.15 Å². The SMILES string of the molecule is [2H]N(C)[C@@H](CC(C)C)C(=O)C(c1ccccc1)(C(C)C)[C@@](C(=O)C(C)O)(C(=O)C(C(C)C)[C@](C(=O)[C@](C)(O)C(=O)OC(C)(C)C)(c1ccccc1)N(C)C(=O)C(C)O)N([2H])C. The van der Waals surface area contributed by atoms with Crippen LogP contribution in [0, 0.1) is 23.7 Å². The zero-order valence-corrected chi connectivity index (χ0v) is 37.6. The maximum Gasteiger partial charge on any atom is 0.346 e. The Kier molecular flexibility index (Phi) is 15.7. The van der Waals surface area contributed by atoms with Crippen LogP contribution in [0.2, 0.25) is 2.82 Å². The van der Waals surface area contributed by atoms with E-state index in [1.807, 2.05) is 13.8 Å². The number of Topliss-reactive ketones (excluding diaryl/α,β-unsaturated/α-hetero) is 4. The average Bonchev–Trinajstić information content (AvgIpc) is 3.15. The second kappa shape index (κ2) is 19.5. The van der Waals surface area contributed by atoms with E-state index in [1.54, 1.807) is 38.1 Å². The molecule has 0 aromatic heterocycles. The molecule has 59 heavy (non-hydrogen) atoms. The third kappa shape index (κ3) is 9.29. The van der Waals surface area contributed by atoms with Crippen LogP contribution in [0.5, 0.6) is 0 Å². The summed E-state index contributed by atoms with van der Waals surface area (Å²) in [6, 6.07) is 13.9. The van der Waals surface area contributed by atoms with Crippen molar-refractivity contribution in [1.82, 2.24) is 15.5 Å². The Bertz CT molecular complexity index is 1880. The van der Waals surface area contributed by atoms with Gasteiger partial charge in [-0.1, -0.05) is 102 Å². The van der Waals surface area contributed by atoms with Crippen LogP contribution >= 0.6 is 0 Å². The van der Waals surface area contributed by atoms with Crippen molar-refractivity contribution in [2.75, 3.05) is 21.1 Å². The molecular formula is C46H69N3O10. The second-order valence-electron chi connectivity index (χ2n) is 17.8. The van der Waals surface area contributed by atoms with Gasteiger partial charge in [0.05, 0.1) is 17.4 Å². The number of rotatable bonds is 21. The molecule has 0 spiro atoms. The topological polar surface area (TPSA) is 200 Å². The van der Waals surface area contributed by atoms with Crippen LogP contribution in [0.3, 0.4) is 0 Å². The number of aliphatic hydroxyl groups excluding tert-OH is 2. The highest BCUT2D eigenvalue weighted by atomic mass is 16.6. The van der Waals surface area contributed by atoms with Crippen LogP contribution in [-0.4, -0.2) is 111 Å². The summed E-state index contributed by atoms with van der Waals surface area (Å²) in [7, 11) is 3.55. The molecule has 4 unspecified atom stereocenters. The number of hydrogen-bond donors (Lipinski definition) is 5. The Morgan fingerprint density at radius 1 is 0.746 bits per heavy atom. The molecule has 0 aliphatic heterocycles. The van der Waals surface area contributed by atoms with E-state index in [2.05, 4.69) is 0 Å². The lowest BCUT2D eigenvalue weighted by Gasteiger charge is -2.56. The van der Waals surface area contributed by atoms with Gasteiger partial charge < -0.3 is 35.6 Å². The molecule has 0 saturated carbocycles. The minimum absolute atomic E-state index is 0.0689. The number of ether oxygens (including phenoxy) is 1. The normalized spacial score (nSPS) is 19.0. The van der Waals surface area contributed by atoms with Crippen LogP contribution in [0.4, 0.5) is 0 Å². The molecule has 2 rings (SSSR count). The van der Waals surface area contributed by atoms with E-state index >= 15 is 19.2 Å². The first-order valence-electron chi connectivity index (χ1n) is 21.1. The molecular weight excluding hydrogens is 755 g/mol. The first-order valence-corrected chi connectivity index (χ1v) is 20.2.